The second-order valence-electron chi connectivity index (χ2n) is 5.89. The average Bonchev–Trinajstić information content (AvgIpc) is 2.96. The van der Waals surface area contributed by atoms with Gasteiger partial charge in [0.25, 0.3) is 5.91 Å². The van der Waals surface area contributed by atoms with Crippen molar-refractivity contribution in [2.24, 2.45) is 0 Å². The SMILES string of the molecule is CC(C)c1nc(C(=O)N2c3ccccc3CCC2C)n[nH]1. The Hall–Kier alpha value is -2.17. The molecule has 2 aromatic rings. The molecule has 1 N–H and O–H groups in total. The Morgan fingerprint density at radius 3 is 2.86 bits per heavy atom. The number of anilines is 1. The molecule has 110 valence electrons. The number of aromatic amines is 1. The topological polar surface area (TPSA) is 61.9 Å². The number of aryl methyl sites for hydroxylation is 1. The maximum absolute atomic E-state index is 12.8. The largest absolute Gasteiger partial charge is 0.303 e. The number of nitrogens with zero attached hydrogens (tertiary/aromatic N) is 3. The molecule has 0 saturated carbocycles. The number of amides is 1. The highest BCUT2D eigenvalue weighted by Gasteiger charge is 2.31. The number of fused-ring (bicyclic) bond motifs is 1. The van der Waals surface area contributed by atoms with Crippen LogP contribution in [0.4, 0.5) is 5.69 Å². The molecule has 0 radical (unpaired) electrons. The Bertz CT molecular complexity index is 662. The molecule has 0 spiro atoms. The van der Waals surface area contributed by atoms with E-state index in [4.69, 9.17) is 0 Å². The Morgan fingerprint density at radius 1 is 1.38 bits per heavy atom. The first-order valence-corrected chi connectivity index (χ1v) is 7.41. The molecule has 0 saturated heterocycles. The van der Waals surface area contributed by atoms with Crippen molar-refractivity contribution in [2.45, 2.75) is 45.6 Å². The van der Waals surface area contributed by atoms with Gasteiger partial charge in [-0.05, 0) is 31.4 Å². The quantitative estimate of drug-likeness (QED) is 0.922. The lowest BCUT2D eigenvalue weighted by Gasteiger charge is -2.34. The summed E-state index contributed by atoms with van der Waals surface area (Å²) in [6.45, 7) is 6.12. The van der Waals surface area contributed by atoms with Crippen LogP contribution in [0, 0.1) is 0 Å². The molecule has 5 nitrogen and oxygen atoms in total. The molecule has 1 amide bonds. The van der Waals surface area contributed by atoms with Gasteiger partial charge < -0.3 is 4.90 Å². The number of rotatable bonds is 2. The van der Waals surface area contributed by atoms with E-state index in [-0.39, 0.29) is 23.7 Å². The van der Waals surface area contributed by atoms with Gasteiger partial charge in [0.05, 0.1) is 0 Å². The van der Waals surface area contributed by atoms with Crippen LogP contribution >= 0.6 is 0 Å². The molecule has 0 fully saturated rings. The molecule has 1 aliphatic rings. The van der Waals surface area contributed by atoms with Gasteiger partial charge >= 0.3 is 0 Å². The summed E-state index contributed by atoms with van der Waals surface area (Å²) in [4.78, 5) is 18.9. The molecule has 1 unspecified atom stereocenters. The van der Waals surface area contributed by atoms with Crippen molar-refractivity contribution in [1.29, 1.82) is 0 Å². The standard InChI is InChI=1S/C16H20N4O/c1-10(2)14-17-15(19-18-14)16(21)20-11(3)8-9-12-6-4-5-7-13(12)20/h4-7,10-11H,8-9H2,1-3H3,(H,17,18,19). The molecule has 0 aliphatic carbocycles. The minimum atomic E-state index is -0.127. The van der Waals surface area contributed by atoms with Gasteiger partial charge in [-0.15, -0.1) is 5.10 Å². The lowest BCUT2D eigenvalue weighted by atomic mass is 9.96. The Morgan fingerprint density at radius 2 is 2.14 bits per heavy atom. The Kier molecular flexibility index (Phi) is 3.49. The van der Waals surface area contributed by atoms with E-state index < -0.39 is 0 Å². The third kappa shape index (κ3) is 2.44. The normalized spacial score (nSPS) is 17.9. The fraction of sp³-hybridized carbons (Fsp3) is 0.438. The van der Waals surface area contributed by atoms with Gasteiger partial charge in [-0.25, -0.2) is 4.98 Å². The minimum Gasteiger partial charge on any atom is -0.303 e. The van der Waals surface area contributed by atoms with Gasteiger partial charge in [-0.3, -0.25) is 9.89 Å². The van der Waals surface area contributed by atoms with Crippen LogP contribution in [0.15, 0.2) is 24.3 Å². The van der Waals surface area contributed by atoms with Crippen molar-refractivity contribution in [2.75, 3.05) is 4.90 Å². The maximum atomic E-state index is 12.8. The molecular formula is C16H20N4O. The molecule has 5 heteroatoms. The van der Waals surface area contributed by atoms with Crippen LogP contribution in [-0.4, -0.2) is 27.1 Å². The van der Waals surface area contributed by atoms with E-state index in [9.17, 15) is 4.79 Å². The summed E-state index contributed by atoms with van der Waals surface area (Å²) in [6.07, 6.45) is 1.97. The first-order chi connectivity index (χ1) is 10.1. The zero-order valence-electron chi connectivity index (χ0n) is 12.6. The number of benzene rings is 1. The fourth-order valence-electron chi connectivity index (χ4n) is 2.73. The molecular weight excluding hydrogens is 264 g/mol. The monoisotopic (exact) mass is 284 g/mol. The summed E-state index contributed by atoms with van der Waals surface area (Å²) in [5.41, 5.74) is 2.20. The molecule has 1 aliphatic heterocycles. The van der Waals surface area contributed by atoms with Gasteiger partial charge in [0.1, 0.15) is 5.82 Å². The van der Waals surface area contributed by atoms with Gasteiger partial charge in [-0.1, -0.05) is 32.0 Å². The number of hydrogen-bond donors (Lipinski definition) is 1. The fourth-order valence-corrected chi connectivity index (χ4v) is 2.73. The van der Waals surface area contributed by atoms with E-state index in [0.717, 1.165) is 24.4 Å². The van der Waals surface area contributed by atoms with E-state index >= 15 is 0 Å². The van der Waals surface area contributed by atoms with Crippen molar-refractivity contribution >= 4 is 11.6 Å². The average molecular weight is 284 g/mol. The molecule has 1 atom stereocenters. The van der Waals surface area contributed by atoms with Gasteiger partial charge in [-0.2, -0.15) is 0 Å². The zero-order chi connectivity index (χ0) is 15.0. The first-order valence-electron chi connectivity index (χ1n) is 7.41. The number of carbonyl (C=O) groups is 1. The highest BCUT2D eigenvalue weighted by Crippen LogP contribution is 2.31. The van der Waals surface area contributed by atoms with Crippen molar-refractivity contribution < 1.29 is 4.79 Å². The second-order valence-corrected chi connectivity index (χ2v) is 5.89. The zero-order valence-corrected chi connectivity index (χ0v) is 12.6. The predicted octanol–water partition coefficient (Wildman–Crippen LogP) is 2.91. The second kappa shape index (κ2) is 5.31. The summed E-state index contributed by atoms with van der Waals surface area (Å²) in [5, 5.41) is 6.95. The molecule has 2 heterocycles. The number of para-hydroxylation sites is 1. The molecule has 1 aromatic heterocycles. The van der Waals surface area contributed by atoms with Crippen molar-refractivity contribution in [3.8, 4) is 0 Å². The van der Waals surface area contributed by atoms with E-state index in [0.29, 0.717) is 0 Å². The lowest BCUT2D eigenvalue weighted by Crippen LogP contribution is -2.42. The number of aromatic nitrogens is 3. The van der Waals surface area contributed by atoms with Crippen LogP contribution in [0.1, 0.15) is 55.1 Å². The van der Waals surface area contributed by atoms with Crippen LogP contribution in [0.3, 0.4) is 0 Å². The van der Waals surface area contributed by atoms with Gasteiger partial charge in [0, 0.05) is 17.6 Å². The smallest absolute Gasteiger partial charge is 0.298 e. The third-order valence-corrected chi connectivity index (χ3v) is 3.98. The van der Waals surface area contributed by atoms with Crippen LogP contribution in [0.2, 0.25) is 0 Å². The van der Waals surface area contributed by atoms with E-state index in [2.05, 4.69) is 28.2 Å². The summed E-state index contributed by atoms with van der Waals surface area (Å²) in [7, 11) is 0. The minimum absolute atomic E-state index is 0.127. The van der Waals surface area contributed by atoms with Crippen LogP contribution in [-0.2, 0) is 6.42 Å². The number of nitrogens with one attached hydrogen (secondary N) is 1. The van der Waals surface area contributed by atoms with Gasteiger partial charge in [0.15, 0.2) is 0 Å². The van der Waals surface area contributed by atoms with Crippen molar-refractivity contribution in [3.05, 3.63) is 41.5 Å². The van der Waals surface area contributed by atoms with Crippen LogP contribution in [0.25, 0.3) is 0 Å². The summed E-state index contributed by atoms with van der Waals surface area (Å²) < 4.78 is 0. The van der Waals surface area contributed by atoms with E-state index in [1.165, 1.54) is 5.56 Å². The highest BCUT2D eigenvalue weighted by atomic mass is 16.2. The van der Waals surface area contributed by atoms with E-state index in [1.54, 1.807) is 0 Å². The van der Waals surface area contributed by atoms with Gasteiger partial charge in [0.2, 0.25) is 5.82 Å². The number of hydrogen-bond acceptors (Lipinski definition) is 3. The first kappa shape index (κ1) is 13.8. The van der Waals surface area contributed by atoms with Crippen molar-refractivity contribution in [3.63, 3.8) is 0 Å². The van der Waals surface area contributed by atoms with E-state index in [1.807, 2.05) is 36.9 Å². The molecule has 21 heavy (non-hydrogen) atoms. The summed E-state index contributed by atoms with van der Waals surface area (Å²) >= 11 is 0. The highest BCUT2D eigenvalue weighted by molar-refractivity contribution is 6.04. The van der Waals surface area contributed by atoms with Crippen molar-refractivity contribution in [1.82, 2.24) is 15.2 Å². The molecule has 1 aromatic carbocycles. The Balaban J connectivity index is 1.96. The summed E-state index contributed by atoms with van der Waals surface area (Å²) in [5.74, 6) is 1.10. The number of H-pyrrole nitrogens is 1. The molecule has 0 bridgehead atoms. The maximum Gasteiger partial charge on any atom is 0.298 e. The molecule has 3 rings (SSSR count). The number of carbonyl (C=O) groups excluding carboxylic acids is 1. The van der Waals surface area contributed by atoms with Crippen LogP contribution < -0.4 is 4.90 Å². The predicted molar refractivity (Wildman–Crippen MR) is 81.5 cm³/mol. The summed E-state index contributed by atoms with van der Waals surface area (Å²) in [6, 6.07) is 8.22. The van der Waals surface area contributed by atoms with Crippen LogP contribution in [0.5, 0.6) is 0 Å². The lowest BCUT2D eigenvalue weighted by molar-refractivity contribution is 0.0965. The Labute approximate surface area is 124 Å². The third-order valence-electron chi connectivity index (χ3n) is 3.98.